The maximum atomic E-state index is 10.8. The van der Waals surface area contributed by atoms with Crippen LogP contribution in [0.2, 0.25) is 0 Å². The third kappa shape index (κ3) is 1.50. The number of carbonyl (C=O) groups excluding carboxylic acids is 1. The predicted molar refractivity (Wildman–Crippen MR) is 37.3 cm³/mol. The van der Waals surface area contributed by atoms with Crippen molar-refractivity contribution in [1.82, 2.24) is 5.32 Å². The first-order chi connectivity index (χ1) is 4.84. The van der Waals surface area contributed by atoms with Gasteiger partial charge in [0.15, 0.2) is 0 Å². The zero-order valence-electron chi connectivity index (χ0n) is 5.96. The van der Waals surface area contributed by atoms with E-state index in [9.17, 15) is 4.79 Å². The van der Waals surface area contributed by atoms with Crippen LogP contribution in [0.5, 0.6) is 0 Å². The number of rotatable bonds is 1. The zero-order chi connectivity index (χ0) is 7.40. The van der Waals surface area contributed by atoms with Crippen molar-refractivity contribution in [1.29, 1.82) is 0 Å². The molecule has 10 heavy (non-hydrogen) atoms. The first kappa shape index (κ1) is 7.12. The van der Waals surface area contributed by atoms with E-state index in [-0.39, 0.29) is 12.0 Å². The van der Waals surface area contributed by atoms with Gasteiger partial charge in [0.2, 0.25) is 0 Å². The second-order valence-electron chi connectivity index (χ2n) is 2.22. The Kier molecular flexibility index (Phi) is 2.31. The van der Waals surface area contributed by atoms with Crippen molar-refractivity contribution < 1.29 is 9.53 Å². The van der Waals surface area contributed by atoms with Gasteiger partial charge in [-0.05, 0) is 19.0 Å². The lowest BCUT2D eigenvalue weighted by Crippen LogP contribution is -2.35. The standard InChI is InChI=1S/C7H11NO2/c1-10-7(9)6-4-2-3-5-8-6/h3,5-6,8H,2,4H2,1H3. The fraction of sp³-hybridized carbons (Fsp3) is 0.571. The van der Waals surface area contributed by atoms with Crippen molar-refractivity contribution in [3.05, 3.63) is 12.3 Å². The number of methoxy groups -OCH3 is 1. The number of nitrogens with one attached hydrogen (secondary N) is 1. The third-order valence-corrected chi connectivity index (χ3v) is 1.52. The number of hydrogen-bond acceptors (Lipinski definition) is 3. The molecule has 1 N–H and O–H groups in total. The summed E-state index contributed by atoms with van der Waals surface area (Å²) in [4.78, 5) is 10.8. The van der Waals surface area contributed by atoms with Crippen molar-refractivity contribution >= 4 is 5.97 Å². The molecule has 0 bridgehead atoms. The lowest BCUT2D eigenvalue weighted by Gasteiger charge is -2.16. The molecular formula is C7H11NO2. The average Bonchev–Trinajstić information content (AvgIpc) is 2.05. The minimum atomic E-state index is -0.177. The first-order valence-corrected chi connectivity index (χ1v) is 3.33. The molecule has 0 fully saturated rings. The summed E-state index contributed by atoms with van der Waals surface area (Å²) in [5.41, 5.74) is 0. The molecule has 0 aliphatic carbocycles. The van der Waals surface area contributed by atoms with E-state index >= 15 is 0 Å². The van der Waals surface area contributed by atoms with Crippen molar-refractivity contribution in [2.45, 2.75) is 18.9 Å². The van der Waals surface area contributed by atoms with Crippen molar-refractivity contribution in [3.63, 3.8) is 0 Å². The molecule has 0 amide bonds. The van der Waals surface area contributed by atoms with E-state index in [2.05, 4.69) is 10.1 Å². The van der Waals surface area contributed by atoms with Gasteiger partial charge in [0, 0.05) is 0 Å². The Bertz CT molecular complexity index is 154. The molecule has 3 nitrogen and oxygen atoms in total. The van der Waals surface area contributed by atoms with Crippen LogP contribution in [0.25, 0.3) is 0 Å². The van der Waals surface area contributed by atoms with E-state index in [0.717, 1.165) is 12.8 Å². The number of hydrogen-bond donors (Lipinski definition) is 1. The molecule has 0 aromatic rings. The Morgan fingerprint density at radius 2 is 2.60 bits per heavy atom. The van der Waals surface area contributed by atoms with E-state index in [1.54, 1.807) is 6.20 Å². The maximum absolute atomic E-state index is 10.8. The van der Waals surface area contributed by atoms with Crippen LogP contribution in [0.15, 0.2) is 12.3 Å². The van der Waals surface area contributed by atoms with Gasteiger partial charge < -0.3 is 10.1 Å². The van der Waals surface area contributed by atoms with Gasteiger partial charge in [-0.2, -0.15) is 0 Å². The van der Waals surface area contributed by atoms with Gasteiger partial charge in [0.1, 0.15) is 6.04 Å². The molecule has 56 valence electrons. The highest BCUT2D eigenvalue weighted by molar-refractivity contribution is 5.75. The lowest BCUT2D eigenvalue weighted by molar-refractivity contribution is -0.143. The van der Waals surface area contributed by atoms with Crippen LogP contribution in [0.1, 0.15) is 12.8 Å². The smallest absolute Gasteiger partial charge is 0.328 e. The van der Waals surface area contributed by atoms with Crippen molar-refractivity contribution in [2.75, 3.05) is 7.11 Å². The van der Waals surface area contributed by atoms with Gasteiger partial charge in [0.05, 0.1) is 7.11 Å². The molecule has 0 radical (unpaired) electrons. The average molecular weight is 141 g/mol. The van der Waals surface area contributed by atoms with E-state index < -0.39 is 0 Å². The molecule has 0 aromatic carbocycles. The van der Waals surface area contributed by atoms with Crippen LogP contribution in [-0.2, 0) is 9.53 Å². The summed E-state index contributed by atoms with van der Waals surface area (Å²) >= 11 is 0. The summed E-state index contributed by atoms with van der Waals surface area (Å²) in [6.45, 7) is 0. The van der Waals surface area contributed by atoms with Gasteiger partial charge >= 0.3 is 5.97 Å². The SMILES string of the molecule is COC(=O)C1CCC=CN1. The Morgan fingerprint density at radius 1 is 1.80 bits per heavy atom. The summed E-state index contributed by atoms with van der Waals surface area (Å²) in [6.07, 6.45) is 5.58. The van der Waals surface area contributed by atoms with E-state index in [1.165, 1.54) is 7.11 Å². The third-order valence-electron chi connectivity index (χ3n) is 1.52. The molecule has 0 saturated carbocycles. The van der Waals surface area contributed by atoms with Crippen molar-refractivity contribution in [2.24, 2.45) is 0 Å². The van der Waals surface area contributed by atoms with Crippen molar-refractivity contribution in [3.8, 4) is 0 Å². The van der Waals surface area contributed by atoms with Crippen LogP contribution >= 0.6 is 0 Å². The number of carbonyl (C=O) groups is 1. The van der Waals surface area contributed by atoms with Crippen LogP contribution in [0, 0.1) is 0 Å². The molecule has 3 heteroatoms. The molecule has 1 rings (SSSR count). The summed E-state index contributed by atoms with van der Waals surface area (Å²) in [6, 6.07) is -0.130. The normalized spacial score (nSPS) is 23.5. The molecule has 0 aromatic heterocycles. The zero-order valence-corrected chi connectivity index (χ0v) is 5.96. The topological polar surface area (TPSA) is 38.3 Å². The number of allylic oxidation sites excluding steroid dienone is 1. The Hall–Kier alpha value is -0.990. The molecule has 1 unspecified atom stereocenters. The fourth-order valence-corrected chi connectivity index (χ4v) is 0.942. The minimum Gasteiger partial charge on any atom is -0.467 e. The monoisotopic (exact) mass is 141 g/mol. The van der Waals surface area contributed by atoms with Crippen LogP contribution < -0.4 is 5.32 Å². The largest absolute Gasteiger partial charge is 0.467 e. The Labute approximate surface area is 60.1 Å². The maximum Gasteiger partial charge on any atom is 0.328 e. The van der Waals surface area contributed by atoms with Gasteiger partial charge in [-0.1, -0.05) is 6.08 Å². The van der Waals surface area contributed by atoms with E-state index in [1.807, 2.05) is 6.08 Å². The summed E-state index contributed by atoms with van der Waals surface area (Å²) in [7, 11) is 1.41. The quantitative estimate of drug-likeness (QED) is 0.538. The number of esters is 1. The highest BCUT2D eigenvalue weighted by Gasteiger charge is 2.17. The Balaban J connectivity index is 2.41. The highest BCUT2D eigenvalue weighted by atomic mass is 16.5. The predicted octanol–water partition coefficient (Wildman–Crippen LogP) is 0.425. The van der Waals surface area contributed by atoms with Gasteiger partial charge in [-0.25, -0.2) is 4.79 Å². The summed E-state index contributed by atoms with van der Waals surface area (Å²) in [5.74, 6) is -0.177. The minimum absolute atomic E-state index is 0.130. The van der Waals surface area contributed by atoms with Crippen LogP contribution in [0.4, 0.5) is 0 Å². The van der Waals surface area contributed by atoms with Crippen LogP contribution in [-0.4, -0.2) is 19.1 Å². The van der Waals surface area contributed by atoms with Gasteiger partial charge in [-0.15, -0.1) is 0 Å². The van der Waals surface area contributed by atoms with Crippen LogP contribution in [0.3, 0.4) is 0 Å². The summed E-state index contributed by atoms with van der Waals surface area (Å²) < 4.78 is 4.55. The van der Waals surface area contributed by atoms with Gasteiger partial charge in [-0.3, -0.25) is 0 Å². The first-order valence-electron chi connectivity index (χ1n) is 3.33. The molecule has 0 spiro atoms. The highest BCUT2D eigenvalue weighted by Crippen LogP contribution is 2.04. The molecule has 1 heterocycles. The molecule has 1 aliphatic heterocycles. The second-order valence-corrected chi connectivity index (χ2v) is 2.22. The molecule has 0 saturated heterocycles. The molecular weight excluding hydrogens is 130 g/mol. The van der Waals surface area contributed by atoms with E-state index in [0.29, 0.717) is 0 Å². The second kappa shape index (κ2) is 3.25. The Morgan fingerprint density at radius 3 is 3.10 bits per heavy atom. The molecule has 1 atom stereocenters. The lowest BCUT2D eigenvalue weighted by atomic mass is 10.1. The number of ether oxygens (including phenoxy) is 1. The van der Waals surface area contributed by atoms with E-state index in [4.69, 9.17) is 0 Å². The summed E-state index contributed by atoms with van der Waals surface area (Å²) in [5, 5.41) is 2.91. The molecule has 1 aliphatic rings. The fourth-order valence-electron chi connectivity index (χ4n) is 0.942. The van der Waals surface area contributed by atoms with Gasteiger partial charge in [0.25, 0.3) is 0 Å².